The molecule has 114 valence electrons. The molecule has 0 spiro atoms. The van der Waals surface area contributed by atoms with Crippen LogP contribution in [0.5, 0.6) is 0 Å². The van der Waals surface area contributed by atoms with Gasteiger partial charge in [-0.3, -0.25) is 0 Å². The highest BCUT2D eigenvalue weighted by Crippen LogP contribution is 2.49. The van der Waals surface area contributed by atoms with Gasteiger partial charge in [0, 0.05) is 19.3 Å². The zero-order valence-corrected chi connectivity index (χ0v) is 12.3. The number of aliphatic hydroxyl groups is 1. The minimum atomic E-state index is -0.806. The van der Waals surface area contributed by atoms with Crippen LogP contribution >= 0.6 is 0 Å². The highest BCUT2D eigenvalue weighted by molar-refractivity contribution is 5.40. The van der Waals surface area contributed by atoms with E-state index < -0.39 is 5.60 Å². The maximum Gasteiger partial charge on any atom is 0.128 e. The number of anilines is 1. The van der Waals surface area contributed by atoms with Crippen LogP contribution in [-0.4, -0.2) is 23.2 Å². The summed E-state index contributed by atoms with van der Waals surface area (Å²) in [6.45, 7) is 1.87. The molecule has 1 aromatic heterocycles. The molecule has 4 rings (SSSR count). The van der Waals surface area contributed by atoms with Gasteiger partial charge in [0.25, 0.3) is 0 Å². The third kappa shape index (κ3) is 2.28. The highest BCUT2D eigenvalue weighted by atomic mass is 19.1. The fourth-order valence-electron chi connectivity index (χ4n) is 4.08. The average Bonchev–Trinajstić information content (AvgIpc) is 3.04. The van der Waals surface area contributed by atoms with E-state index in [0.29, 0.717) is 11.8 Å². The second kappa shape index (κ2) is 5.06. The third-order valence-corrected chi connectivity index (χ3v) is 5.13. The molecule has 2 heterocycles. The van der Waals surface area contributed by atoms with Crippen LogP contribution < -0.4 is 4.90 Å². The number of nitrogens with zero attached hydrogens (tertiary/aromatic N) is 2. The molecule has 2 aromatic rings. The van der Waals surface area contributed by atoms with Gasteiger partial charge in [-0.2, -0.15) is 0 Å². The van der Waals surface area contributed by atoms with Crippen molar-refractivity contribution in [2.24, 2.45) is 11.8 Å². The van der Waals surface area contributed by atoms with Crippen molar-refractivity contribution in [1.82, 2.24) is 4.98 Å². The van der Waals surface area contributed by atoms with Gasteiger partial charge in [0.05, 0.1) is 5.60 Å². The monoisotopic (exact) mass is 298 g/mol. The highest BCUT2D eigenvalue weighted by Gasteiger charge is 2.49. The van der Waals surface area contributed by atoms with Crippen molar-refractivity contribution in [2.45, 2.75) is 18.4 Å². The quantitative estimate of drug-likeness (QED) is 0.926. The van der Waals surface area contributed by atoms with Crippen LogP contribution in [0.25, 0.3) is 0 Å². The lowest BCUT2D eigenvalue weighted by molar-refractivity contribution is 0.0365. The number of aromatic nitrogens is 1. The van der Waals surface area contributed by atoms with Crippen LogP contribution in [0.1, 0.15) is 18.4 Å². The molecule has 2 fully saturated rings. The molecule has 0 amide bonds. The van der Waals surface area contributed by atoms with Crippen LogP contribution in [0.3, 0.4) is 0 Å². The lowest BCUT2D eigenvalue weighted by Crippen LogP contribution is -2.28. The molecule has 1 aliphatic heterocycles. The zero-order chi connectivity index (χ0) is 15.2. The van der Waals surface area contributed by atoms with E-state index in [1.54, 1.807) is 12.1 Å². The van der Waals surface area contributed by atoms with Gasteiger partial charge < -0.3 is 10.0 Å². The summed E-state index contributed by atoms with van der Waals surface area (Å²) in [5.74, 6) is 1.70. The summed E-state index contributed by atoms with van der Waals surface area (Å²) < 4.78 is 13.1. The van der Waals surface area contributed by atoms with E-state index in [0.717, 1.165) is 37.3 Å². The summed E-state index contributed by atoms with van der Waals surface area (Å²) >= 11 is 0. The number of fused-ring (bicyclic) bond motifs is 1. The second-order valence-electron chi connectivity index (χ2n) is 6.56. The Morgan fingerprint density at radius 3 is 2.32 bits per heavy atom. The molecule has 3 atom stereocenters. The molecule has 1 saturated heterocycles. The minimum absolute atomic E-state index is 0.258. The maximum atomic E-state index is 13.1. The first-order valence-corrected chi connectivity index (χ1v) is 7.78. The lowest BCUT2D eigenvalue weighted by Gasteiger charge is -2.26. The van der Waals surface area contributed by atoms with Crippen LogP contribution in [0.15, 0.2) is 48.7 Å². The Morgan fingerprint density at radius 1 is 1.05 bits per heavy atom. The van der Waals surface area contributed by atoms with E-state index in [9.17, 15) is 9.50 Å². The Morgan fingerprint density at radius 2 is 1.73 bits per heavy atom. The molecule has 1 aliphatic carbocycles. The third-order valence-electron chi connectivity index (χ3n) is 5.13. The minimum Gasteiger partial charge on any atom is -0.385 e. The standard InChI is InChI=1S/C18H19FN2O/c19-16-6-4-15(5-7-16)18(22)9-13-11-21(12-14(13)10-18)17-3-1-2-8-20-17/h1-8,13-14,22H,9-12H2/t13-,14+,18?. The molecular weight excluding hydrogens is 279 g/mol. The number of benzene rings is 1. The van der Waals surface area contributed by atoms with Gasteiger partial charge in [-0.15, -0.1) is 0 Å². The molecule has 4 heteroatoms. The van der Waals surface area contributed by atoms with Crippen molar-refractivity contribution in [3.8, 4) is 0 Å². The first-order chi connectivity index (χ1) is 10.6. The van der Waals surface area contributed by atoms with Crippen LogP contribution in [0.4, 0.5) is 10.2 Å². The van der Waals surface area contributed by atoms with Gasteiger partial charge >= 0.3 is 0 Å². The van der Waals surface area contributed by atoms with Crippen molar-refractivity contribution in [2.75, 3.05) is 18.0 Å². The largest absolute Gasteiger partial charge is 0.385 e. The molecule has 2 aliphatic rings. The summed E-state index contributed by atoms with van der Waals surface area (Å²) in [6.07, 6.45) is 3.30. The van der Waals surface area contributed by atoms with Crippen molar-refractivity contribution < 1.29 is 9.50 Å². The summed E-state index contributed by atoms with van der Waals surface area (Å²) in [7, 11) is 0. The molecule has 1 unspecified atom stereocenters. The predicted octanol–water partition coefficient (Wildman–Crippen LogP) is 2.95. The SMILES string of the molecule is OC1(c2ccc(F)cc2)C[C@H]2CN(c3ccccn3)C[C@H]2C1. The maximum absolute atomic E-state index is 13.1. The fraction of sp³-hybridized carbons (Fsp3) is 0.389. The zero-order valence-electron chi connectivity index (χ0n) is 12.3. The Kier molecular flexibility index (Phi) is 3.15. The molecule has 1 N–H and O–H groups in total. The summed E-state index contributed by atoms with van der Waals surface area (Å²) in [5.41, 5.74) is 0.0341. The Labute approximate surface area is 129 Å². The predicted molar refractivity (Wildman–Crippen MR) is 83.0 cm³/mol. The van der Waals surface area contributed by atoms with Gasteiger partial charge in [0.1, 0.15) is 11.6 Å². The Bertz CT molecular complexity index is 645. The second-order valence-corrected chi connectivity index (χ2v) is 6.56. The van der Waals surface area contributed by atoms with E-state index in [1.807, 2.05) is 24.4 Å². The first-order valence-electron chi connectivity index (χ1n) is 7.78. The molecule has 0 radical (unpaired) electrons. The summed E-state index contributed by atoms with van der Waals surface area (Å²) in [6, 6.07) is 12.3. The average molecular weight is 298 g/mol. The first kappa shape index (κ1) is 13.7. The molecule has 1 aromatic carbocycles. The topological polar surface area (TPSA) is 36.4 Å². The van der Waals surface area contributed by atoms with E-state index in [-0.39, 0.29) is 5.82 Å². The van der Waals surface area contributed by atoms with E-state index >= 15 is 0 Å². The van der Waals surface area contributed by atoms with Gasteiger partial charge in [-0.25, -0.2) is 9.37 Å². The smallest absolute Gasteiger partial charge is 0.128 e. The van der Waals surface area contributed by atoms with E-state index in [2.05, 4.69) is 9.88 Å². The van der Waals surface area contributed by atoms with Crippen molar-refractivity contribution in [3.05, 3.63) is 60.0 Å². The van der Waals surface area contributed by atoms with Crippen molar-refractivity contribution >= 4 is 5.82 Å². The Hall–Kier alpha value is -1.94. The number of rotatable bonds is 2. The number of pyridine rings is 1. The van der Waals surface area contributed by atoms with Crippen molar-refractivity contribution in [3.63, 3.8) is 0 Å². The Balaban J connectivity index is 1.50. The molecule has 3 nitrogen and oxygen atoms in total. The van der Waals surface area contributed by atoms with E-state index in [1.165, 1.54) is 12.1 Å². The summed E-state index contributed by atoms with van der Waals surface area (Å²) in [5, 5.41) is 11.0. The number of hydrogen-bond donors (Lipinski definition) is 1. The number of halogens is 1. The fourth-order valence-corrected chi connectivity index (χ4v) is 4.08. The number of hydrogen-bond acceptors (Lipinski definition) is 3. The molecular formula is C18H19FN2O. The normalized spacial score (nSPS) is 30.5. The van der Waals surface area contributed by atoms with Gasteiger partial charge in [-0.1, -0.05) is 18.2 Å². The summed E-state index contributed by atoms with van der Waals surface area (Å²) in [4.78, 5) is 6.72. The van der Waals surface area contributed by atoms with Gasteiger partial charge in [0.2, 0.25) is 0 Å². The lowest BCUT2D eigenvalue weighted by atomic mass is 9.90. The molecule has 22 heavy (non-hydrogen) atoms. The van der Waals surface area contributed by atoms with Crippen LogP contribution in [0.2, 0.25) is 0 Å². The van der Waals surface area contributed by atoms with Crippen LogP contribution in [-0.2, 0) is 5.60 Å². The molecule has 0 bridgehead atoms. The molecule has 1 saturated carbocycles. The van der Waals surface area contributed by atoms with E-state index in [4.69, 9.17) is 0 Å². The van der Waals surface area contributed by atoms with Crippen LogP contribution in [0, 0.1) is 17.7 Å². The van der Waals surface area contributed by atoms with Gasteiger partial charge in [-0.05, 0) is 54.5 Å². The van der Waals surface area contributed by atoms with Crippen molar-refractivity contribution in [1.29, 1.82) is 0 Å². The van der Waals surface area contributed by atoms with Gasteiger partial charge in [0.15, 0.2) is 0 Å².